The lowest BCUT2D eigenvalue weighted by Gasteiger charge is -2.25. The standard InChI is InChI=1S/C21H34N6O4/c1-3-13(2)17(20(30)31)27-19(29)16(12-14-8-5-4-6-9-14)26-18(28)15(22)10-7-11-25-21(23)24/h4-6,8-9,13,15-17H,3,7,10-12,22H2,1-2H3,(H,26,28)(H,27,29)(H,30,31)(H4,23,24,25). The first-order valence-corrected chi connectivity index (χ1v) is 10.3. The van der Waals surface area contributed by atoms with Gasteiger partial charge in [0.05, 0.1) is 6.04 Å². The first kappa shape index (κ1) is 25.9. The molecule has 10 heteroatoms. The van der Waals surface area contributed by atoms with E-state index in [1.807, 2.05) is 37.3 Å². The van der Waals surface area contributed by atoms with Crippen molar-refractivity contribution in [1.82, 2.24) is 10.6 Å². The van der Waals surface area contributed by atoms with Crippen LogP contribution < -0.4 is 27.8 Å². The number of nitrogens with two attached hydrogens (primary N) is 3. The number of hydrogen-bond acceptors (Lipinski definition) is 5. The lowest BCUT2D eigenvalue weighted by Crippen LogP contribution is -2.56. The van der Waals surface area contributed by atoms with Crippen LogP contribution in [-0.4, -0.2) is 53.5 Å². The van der Waals surface area contributed by atoms with E-state index in [9.17, 15) is 19.5 Å². The largest absolute Gasteiger partial charge is 0.480 e. The Morgan fingerprint density at radius 3 is 2.29 bits per heavy atom. The van der Waals surface area contributed by atoms with Gasteiger partial charge in [-0.2, -0.15) is 0 Å². The van der Waals surface area contributed by atoms with Gasteiger partial charge >= 0.3 is 5.97 Å². The van der Waals surface area contributed by atoms with Gasteiger partial charge in [0.1, 0.15) is 12.1 Å². The first-order chi connectivity index (χ1) is 14.6. The molecule has 10 nitrogen and oxygen atoms in total. The van der Waals surface area contributed by atoms with Crippen LogP contribution in [0.3, 0.4) is 0 Å². The number of benzene rings is 1. The summed E-state index contributed by atoms with van der Waals surface area (Å²) in [6.45, 7) is 3.93. The van der Waals surface area contributed by atoms with E-state index in [0.29, 0.717) is 25.8 Å². The smallest absolute Gasteiger partial charge is 0.326 e. The molecule has 0 aliphatic carbocycles. The van der Waals surface area contributed by atoms with Gasteiger partial charge in [-0.25, -0.2) is 4.79 Å². The third-order valence-electron chi connectivity index (χ3n) is 5.00. The Morgan fingerprint density at radius 1 is 1.10 bits per heavy atom. The second kappa shape index (κ2) is 13.2. The Morgan fingerprint density at radius 2 is 1.74 bits per heavy atom. The van der Waals surface area contributed by atoms with Gasteiger partial charge < -0.3 is 32.9 Å². The maximum atomic E-state index is 12.9. The molecular formula is C21H34N6O4. The van der Waals surface area contributed by atoms with Crippen molar-refractivity contribution in [2.45, 2.75) is 57.7 Å². The van der Waals surface area contributed by atoms with Crippen LogP contribution in [0.15, 0.2) is 35.3 Å². The third-order valence-corrected chi connectivity index (χ3v) is 5.00. The van der Waals surface area contributed by atoms with E-state index in [1.54, 1.807) is 6.92 Å². The van der Waals surface area contributed by atoms with Gasteiger partial charge in [-0.15, -0.1) is 0 Å². The number of carboxylic acids is 1. The van der Waals surface area contributed by atoms with E-state index in [-0.39, 0.29) is 18.3 Å². The molecule has 0 aromatic heterocycles. The molecule has 4 unspecified atom stereocenters. The minimum Gasteiger partial charge on any atom is -0.480 e. The molecule has 0 bridgehead atoms. The maximum Gasteiger partial charge on any atom is 0.326 e. The zero-order chi connectivity index (χ0) is 23.4. The van der Waals surface area contributed by atoms with Crippen LogP contribution >= 0.6 is 0 Å². The van der Waals surface area contributed by atoms with Crippen LogP contribution in [-0.2, 0) is 20.8 Å². The predicted octanol–water partition coefficient (Wildman–Crippen LogP) is -0.290. The number of aliphatic carboxylic acids is 1. The molecule has 4 atom stereocenters. The molecule has 0 saturated heterocycles. The van der Waals surface area contributed by atoms with Crippen LogP contribution in [0.1, 0.15) is 38.7 Å². The van der Waals surface area contributed by atoms with Crippen LogP contribution in [0.5, 0.6) is 0 Å². The van der Waals surface area contributed by atoms with Gasteiger partial charge in [0.25, 0.3) is 0 Å². The van der Waals surface area contributed by atoms with E-state index < -0.39 is 35.9 Å². The number of amides is 2. The minimum absolute atomic E-state index is 0.0353. The Labute approximate surface area is 182 Å². The first-order valence-electron chi connectivity index (χ1n) is 10.3. The SMILES string of the molecule is CCC(C)C(NC(=O)C(Cc1ccccc1)NC(=O)C(N)CCCN=C(N)N)C(=O)O. The number of nitrogens with one attached hydrogen (secondary N) is 2. The molecule has 1 aromatic rings. The van der Waals surface area contributed by atoms with Crippen molar-refractivity contribution in [2.24, 2.45) is 28.1 Å². The molecule has 2 amide bonds. The van der Waals surface area contributed by atoms with E-state index in [2.05, 4.69) is 15.6 Å². The average Bonchev–Trinajstić information content (AvgIpc) is 2.73. The summed E-state index contributed by atoms with van der Waals surface area (Å²) in [5.41, 5.74) is 17.3. The molecule has 0 aliphatic rings. The Kier molecular flexibility index (Phi) is 11.0. The van der Waals surface area contributed by atoms with Crippen LogP contribution in [0.2, 0.25) is 0 Å². The van der Waals surface area contributed by atoms with Crippen molar-refractivity contribution < 1.29 is 19.5 Å². The lowest BCUT2D eigenvalue weighted by atomic mass is 9.98. The van der Waals surface area contributed by atoms with Crippen molar-refractivity contribution >= 4 is 23.7 Å². The van der Waals surface area contributed by atoms with Crippen molar-refractivity contribution in [2.75, 3.05) is 6.54 Å². The van der Waals surface area contributed by atoms with E-state index in [1.165, 1.54) is 0 Å². The molecule has 0 heterocycles. The van der Waals surface area contributed by atoms with Crippen LogP contribution in [0.4, 0.5) is 0 Å². The van der Waals surface area contributed by atoms with Crippen LogP contribution in [0.25, 0.3) is 0 Å². The van der Waals surface area contributed by atoms with Gasteiger partial charge in [0, 0.05) is 13.0 Å². The van der Waals surface area contributed by atoms with Gasteiger partial charge in [0.2, 0.25) is 11.8 Å². The molecule has 0 spiro atoms. The van der Waals surface area contributed by atoms with Gasteiger partial charge in [-0.1, -0.05) is 50.6 Å². The van der Waals surface area contributed by atoms with E-state index >= 15 is 0 Å². The number of hydrogen-bond donors (Lipinski definition) is 6. The molecule has 0 aliphatic heterocycles. The fraction of sp³-hybridized carbons (Fsp3) is 0.524. The Hall–Kier alpha value is -3.14. The minimum atomic E-state index is -1.12. The zero-order valence-electron chi connectivity index (χ0n) is 18.1. The lowest BCUT2D eigenvalue weighted by molar-refractivity contribution is -0.143. The number of carboxylic acid groups (broad SMARTS) is 1. The Balaban J connectivity index is 2.88. The summed E-state index contributed by atoms with van der Waals surface area (Å²) in [5.74, 6) is -2.50. The molecule has 0 radical (unpaired) electrons. The second-order valence-electron chi connectivity index (χ2n) is 7.52. The number of nitrogens with zero attached hydrogens (tertiary/aromatic N) is 1. The summed E-state index contributed by atoms with van der Waals surface area (Å²) in [5, 5.41) is 14.7. The summed E-state index contributed by atoms with van der Waals surface area (Å²) in [7, 11) is 0. The molecule has 1 rings (SSSR count). The van der Waals surface area contributed by atoms with E-state index in [0.717, 1.165) is 5.56 Å². The van der Waals surface area contributed by atoms with Crippen molar-refractivity contribution in [3.8, 4) is 0 Å². The Bertz CT molecular complexity index is 751. The summed E-state index contributed by atoms with van der Waals surface area (Å²) < 4.78 is 0. The normalized spacial score (nSPS) is 14.5. The van der Waals surface area contributed by atoms with Crippen molar-refractivity contribution in [3.05, 3.63) is 35.9 Å². The van der Waals surface area contributed by atoms with Crippen molar-refractivity contribution in [3.63, 3.8) is 0 Å². The summed E-state index contributed by atoms with van der Waals surface area (Å²) in [4.78, 5) is 40.9. The number of guanidine groups is 1. The van der Waals surface area contributed by atoms with Gasteiger partial charge in [0.15, 0.2) is 5.96 Å². The van der Waals surface area contributed by atoms with Crippen molar-refractivity contribution in [1.29, 1.82) is 0 Å². The molecular weight excluding hydrogens is 400 g/mol. The number of carbonyl (C=O) groups excluding carboxylic acids is 2. The third kappa shape index (κ3) is 9.47. The van der Waals surface area contributed by atoms with Gasteiger partial charge in [-0.05, 0) is 24.3 Å². The molecule has 31 heavy (non-hydrogen) atoms. The quantitative estimate of drug-likeness (QED) is 0.140. The molecule has 0 saturated carbocycles. The number of carbonyl (C=O) groups is 3. The summed E-state index contributed by atoms with van der Waals surface area (Å²) >= 11 is 0. The predicted molar refractivity (Wildman–Crippen MR) is 119 cm³/mol. The fourth-order valence-corrected chi connectivity index (χ4v) is 2.93. The number of aliphatic imine (C=N–C) groups is 1. The highest BCUT2D eigenvalue weighted by molar-refractivity contribution is 5.92. The highest BCUT2D eigenvalue weighted by Crippen LogP contribution is 2.10. The topological polar surface area (TPSA) is 186 Å². The fourth-order valence-electron chi connectivity index (χ4n) is 2.93. The maximum absolute atomic E-state index is 12.9. The average molecular weight is 435 g/mol. The van der Waals surface area contributed by atoms with Gasteiger partial charge in [-0.3, -0.25) is 14.6 Å². The van der Waals surface area contributed by atoms with E-state index in [4.69, 9.17) is 17.2 Å². The molecule has 0 fully saturated rings. The monoisotopic (exact) mass is 434 g/mol. The summed E-state index contributed by atoms with van der Waals surface area (Å²) in [6.07, 6.45) is 1.60. The molecule has 1 aromatic carbocycles. The highest BCUT2D eigenvalue weighted by atomic mass is 16.4. The van der Waals surface area contributed by atoms with Crippen LogP contribution in [0, 0.1) is 5.92 Å². The summed E-state index contributed by atoms with van der Waals surface area (Å²) in [6, 6.07) is 6.25. The second-order valence-corrected chi connectivity index (χ2v) is 7.52. The molecule has 172 valence electrons. The highest BCUT2D eigenvalue weighted by Gasteiger charge is 2.30. The number of rotatable bonds is 13. The zero-order valence-corrected chi connectivity index (χ0v) is 18.1. The molecule has 9 N–H and O–H groups in total.